The second kappa shape index (κ2) is 10.2. The summed E-state index contributed by atoms with van der Waals surface area (Å²) in [5.41, 5.74) is 8.58. The maximum Gasteiger partial charge on any atom is 0.332 e. The van der Waals surface area contributed by atoms with Gasteiger partial charge < -0.3 is 11.1 Å². The van der Waals surface area contributed by atoms with Gasteiger partial charge in [0.2, 0.25) is 0 Å². The van der Waals surface area contributed by atoms with Crippen LogP contribution in [0, 0.1) is 27.2 Å². The largest absolute Gasteiger partial charge is 0.350 e. The van der Waals surface area contributed by atoms with Gasteiger partial charge in [-0.15, -0.1) is 0 Å². The minimum atomic E-state index is -1.01. The van der Waals surface area contributed by atoms with Crippen LogP contribution in [0.3, 0.4) is 0 Å². The molecular weight excluding hydrogens is 424 g/mol. The monoisotopic (exact) mass is 442 g/mol. The van der Waals surface area contributed by atoms with Gasteiger partial charge in [-0.3, -0.25) is 30.4 Å². The van der Waals surface area contributed by atoms with Gasteiger partial charge in [-0.05, 0) is 31.5 Å². The van der Waals surface area contributed by atoms with E-state index in [1.165, 1.54) is 43.3 Å². The lowest BCUT2D eigenvalue weighted by Gasteiger charge is -2.10. The predicted molar refractivity (Wildman–Crippen MR) is 116 cm³/mol. The van der Waals surface area contributed by atoms with Gasteiger partial charge in [-0.2, -0.15) is 10.2 Å². The Hall–Kier alpha value is -4.88. The van der Waals surface area contributed by atoms with Crippen LogP contribution in [-0.4, -0.2) is 33.2 Å². The van der Waals surface area contributed by atoms with E-state index in [1.807, 2.05) is 5.43 Å². The molecule has 14 nitrogen and oxygen atoms in total. The summed E-state index contributed by atoms with van der Waals surface area (Å²) in [4.78, 5) is 44.9. The second-order valence-electron chi connectivity index (χ2n) is 6.25. The second-order valence-corrected chi connectivity index (χ2v) is 6.25. The van der Waals surface area contributed by atoms with E-state index in [1.54, 1.807) is 13.0 Å². The Morgan fingerprint density at radius 1 is 0.969 bits per heavy atom. The van der Waals surface area contributed by atoms with Gasteiger partial charge in [0.25, 0.3) is 17.3 Å². The van der Waals surface area contributed by atoms with Crippen molar-refractivity contribution in [3.63, 3.8) is 0 Å². The highest BCUT2D eigenvalue weighted by Gasteiger charge is 2.21. The van der Waals surface area contributed by atoms with Crippen molar-refractivity contribution in [2.24, 2.45) is 15.9 Å². The zero-order chi connectivity index (χ0) is 23.8. The van der Waals surface area contributed by atoms with E-state index in [0.717, 1.165) is 0 Å². The number of para-hydroxylation sites is 2. The van der Waals surface area contributed by atoms with E-state index in [9.17, 15) is 29.8 Å². The maximum absolute atomic E-state index is 12.8. The number of hydrazone groups is 2. The number of hydrogen-bond acceptors (Lipinski definition) is 9. The molecule has 32 heavy (non-hydrogen) atoms. The fourth-order valence-corrected chi connectivity index (χ4v) is 2.41. The third kappa shape index (κ3) is 6.06. The van der Waals surface area contributed by atoms with Crippen LogP contribution in [0.25, 0.3) is 0 Å². The molecule has 5 N–H and O–H groups in total. The van der Waals surface area contributed by atoms with E-state index in [4.69, 9.17) is 5.73 Å². The van der Waals surface area contributed by atoms with E-state index >= 15 is 0 Å². The third-order valence-electron chi connectivity index (χ3n) is 3.88. The lowest BCUT2D eigenvalue weighted by molar-refractivity contribution is -0.384. The van der Waals surface area contributed by atoms with E-state index in [-0.39, 0.29) is 28.5 Å². The van der Waals surface area contributed by atoms with Crippen molar-refractivity contribution in [1.29, 1.82) is 0 Å². The first-order valence-electron chi connectivity index (χ1n) is 8.83. The van der Waals surface area contributed by atoms with Crippen LogP contribution >= 0.6 is 0 Å². The number of primary amides is 1. The molecule has 0 bridgehead atoms. The number of aryl methyl sites for hydroxylation is 1. The molecule has 0 radical (unpaired) electrons. The minimum absolute atomic E-state index is 0.0211. The first-order valence-corrected chi connectivity index (χ1v) is 8.83. The lowest BCUT2D eigenvalue weighted by Crippen LogP contribution is -2.33. The normalized spacial score (nSPS) is 11.4. The summed E-state index contributed by atoms with van der Waals surface area (Å²) in [7, 11) is 0. The van der Waals surface area contributed by atoms with Crippen LogP contribution in [0.2, 0.25) is 0 Å². The predicted octanol–water partition coefficient (Wildman–Crippen LogP) is 2.26. The molecule has 0 saturated heterocycles. The van der Waals surface area contributed by atoms with Crippen molar-refractivity contribution in [1.82, 2.24) is 5.43 Å². The van der Waals surface area contributed by atoms with Gasteiger partial charge in [-0.25, -0.2) is 10.2 Å². The standard InChI is InChI=1S/C18H18N8O6/c1-10-7-8-13(15(9-10)26(31)32)22-23-16(11(2)21-24-18(19)28)17(27)20-12-5-3-4-6-14(12)25(29)30/h3-9,22H,1-2H3,(H,20,27)(H3,19,24,28). The molecule has 2 aromatic carbocycles. The molecular formula is C18H18N8O6. The molecule has 0 atom stereocenters. The maximum atomic E-state index is 12.8. The molecule has 0 aromatic heterocycles. The molecule has 0 aliphatic carbocycles. The van der Waals surface area contributed by atoms with Crippen molar-refractivity contribution in [3.05, 3.63) is 68.3 Å². The molecule has 0 aliphatic heterocycles. The molecule has 0 spiro atoms. The first kappa shape index (κ1) is 23.4. The quantitative estimate of drug-likeness (QED) is 0.272. The lowest BCUT2D eigenvalue weighted by atomic mass is 10.2. The topological polar surface area (TPSA) is 207 Å². The number of nitrogens with zero attached hydrogens (tertiary/aromatic N) is 4. The van der Waals surface area contributed by atoms with E-state index in [0.29, 0.717) is 5.56 Å². The highest BCUT2D eigenvalue weighted by molar-refractivity contribution is 6.68. The van der Waals surface area contributed by atoms with Crippen LogP contribution in [0.1, 0.15) is 12.5 Å². The fourth-order valence-electron chi connectivity index (χ4n) is 2.41. The number of benzene rings is 2. The average Bonchev–Trinajstić information content (AvgIpc) is 2.73. The van der Waals surface area contributed by atoms with Crippen molar-refractivity contribution < 1.29 is 19.4 Å². The molecule has 2 aromatic rings. The van der Waals surface area contributed by atoms with Gasteiger partial charge in [0.15, 0.2) is 5.71 Å². The summed E-state index contributed by atoms with van der Waals surface area (Å²) in [5, 5.41) is 32.3. The molecule has 0 unspecified atom stereocenters. The Morgan fingerprint density at radius 2 is 1.62 bits per heavy atom. The van der Waals surface area contributed by atoms with Gasteiger partial charge >= 0.3 is 6.03 Å². The number of nitrogens with two attached hydrogens (primary N) is 1. The smallest absolute Gasteiger partial charge is 0.332 e. The Bertz CT molecular complexity index is 1140. The number of nitro benzene ring substituents is 2. The van der Waals surface area contributed by atoms with Gasteiger partial charge in [-0.1, -0.05) is 18.2 Å². The van der Waals surface area contributed by atoms with E-state index in [2.05, 4.69) is 20.9 Å². The van der Waals surface area contributed by atoms with Gasteiger partial charge in [0.05, 0.1) is 15.6 Å². The number of amides is 3. The number of anilines is 2. The van der Waals surface area contributed by atoms with E-state index < -0.39 is 27.5 Å². The molecule has 0 aliphatic rings. The molecule has 0 heterocycles. The van der Waals surface area contributed by atoms with Crippen molar-refractivity contribution in [3.8, 4) is 0 Å². The number of urea groups is 1. The van der Waals surface area contributed by atoms with Gasteiger partial charge in [0, 0.05) is 12.1 Å². The number of nitrogens with one attached hydrogen (secondary N) is 3. The molecule has 0 fully saturated rings. The Balaban J connectivity index is 2.44. The SMILES string of the molecule is CC(=NNC(N)=O)C(=NNc1ccc(C)cc1[N+](=O)[O-])C(=O)Nc1ccccc1[N+](=O)[O-]. The summed E-state index contributed by atoms with van der Waals surface area (Å²) in [6.45, 7) is 2.97. The number of rotatable bonds is 8. The van der Waals surface area contributed by atoms with Crippen LogP contribution in [0.4, 0.5) is 27.5 Å². The highest BCUT2D eigenvalue weighted by Crippen LogP contribution is 2.26. The number of carbonyl (C=O) groups is 2. The summed E-state index contributed by atoms with van der Waals surface area (Å²) >= 11 is 0. The van der Waals surface area contributed by atoms with Crippen LogP contribution < -0.4 is 21.9 Å². The highest BCUT2D eigenvalue weighted by atomic mass is 16.6. The van der Waals surface area contributed by atoms with Crippen LogP contribution in [0.5, 0.6) is 0 Å². The minimum Gasteiger partial charge on any atom is -0.350 e. The summed E-state index contributed by atoms with van der Waals surface area (Å²) < 4.78 is 0. The number of hydrogen-bond donors (Lipinski definition) is 4. The molecule has 166 valence electrons. The zero-order valence-corrected chi connectivity index (χ0v) is 16.9. The summed E-state index contributed by atoms with van der Waals surface area (Å²) in [5.74, 6) is -0.936. The number of carbonyl (C=O) groups excluding carboxylic acids is 2. The van der Waals surface area contributed by atoms with Crippen LogP contribution in [-0.2, 0) is 4.79 Å². The Kier molecular flexibility index (Phi) is 7.49. The Morgan fingerprint density at radius 3 is 2.25 bits per heavy atom. The molecule has 2 rings (SSSR count). The summed E-state index contributed by atoms with van der Waals surface area (Å²) in [6.07, 6.45) is 0. The van der Waals surface area contributed by atoms with Crippen molar-refractivity contribution in [2.45, 2.75) is 13.8 Å². The number of nitro groups is 2. The van der Waals surface area contributed by atoms with Crippen LogP contribution in [0.15, 0.2) is 52.7 Å². The van der Waals surface area contributed by atoms with Crippen molar-refractivity contribution in [2.75, 3.05) is 10.7 Å². The fraction of sp³-hybridized carbons (Fsp3) is 0.111. The Labute approximate surface area is 180 Å². The van der Waals surface area contributed by atoms with Crippen molar-refractivity contribution >= 4 is 46.1 Å². The van der Waals surface area contributed by atoms with Gasteiger partial charge in [0.1, 0.15) is 11.4 Å². The summed E-state index contributed by atoms with van der Waals surface area (Å²) in [6, 6.07) is 8.67. The molecule has 14 heteroatoms. The zero-order valence-electron chi connectivity index (χ0n) is 16.9. The molecule has 0 saturated carbocycles. The average molecular weight is 442 g/mol. The third-order valence-corrected chi connectivity index (χ3v) is 3.88. The first-order chi connectivity index (χ1) is 15.1. The molecule has 3 amide bonds.